The number of nitrogens with one attached hydrogen (secondary N) is 1. The second-order valence-electron chi connectivity index (χ2n) is 4.82. The number of rotatable bonds is 6. The van der Waals surface area contributed by atoms with Gasteiger partial charge in [-0.15, -0.1) is 0 Å². The molecule has 0 radical (unpaired) electrons. The number of benzene rings is 2. The summed E-state index contributed by atoms with van der Waals surface area (Å²) in [5, 5.41) is 22.0. The average molecular weight is 282 g/mol. The summed E-state index contributed by atoms with van der Waals surface area (Å²) in [7, 11) is 0. The molecule has 2 aromatic rings. The number of anilines is 1. The van der Waals surface area contributed by atoms with Crippen LogP contribution in [-0.2, 0) is 0 Å². The van der Waals surface area contributed by atoms with Gasteiger partial charge in [-0.3, -0.25) is 0 Å². The number of ether oxygens (including phenoxy) is 1. The van der Waals surface area contributed by atoms with E-state index < -0.39 is 6.10 Å². The minimum absolute atomic E-state index is 0.136. The number of hydrogen-bond acceptors (Lipinski definition) is 4. The summed E-state index contributed by atoms with van der Waals surface area (Å²) in [6.07, 6.45) is -0.655. The first-order chi connectivity index (χ1) is 10.2. The Kier molecular flexibility index (Phi) is 5.19. The average Bonchev–Trinajstić information content (AvgIpc) is 2.52. The second-order valence-corrected chi connectivity index (χ2v) is 4.82. The van der Waals surface area contributed by atoms with E-state index in [9.17, 15) is 5.11 Å². The molecule has 0 heterocycles. The number of hydrogen-bond donors (Lipinski definition) is 2. The number of nitriles is 1. The summed E-state index contributed by atoms with van der Waals surface area (Å²) in [6, 6.07) is 17.0. The highest BCUT2D eigenvalue weighted by Gasteiger charge is 2.07. The predicted molar refractivity (Wildman–Crippen MR) is 82.3 cm³/mol. The molecule has 21 heavy (non-hydrogen) atoms. The van der Waals surface area contributed by atoms with Crippen LogP contribution in [-0.4, -0.2) is 24.4 Å². The van der Waals surface area contributed by atoms with Crippen LogP contribution in [0.4, 0.5) is 5.69 Å². The zero-order valence-corrected chi connectivity index (χ0v) is 11.9. The third-order valence-electron chi connectivity index (χ3n) is 3.03. The van der Waals surface area contributed by atoms with Gasteiger partial charge >= 0.3 is 0 Å². The molecular weight excluding hydrogens is 264 g/mol. The molecule has 1 atom stereocenters. The molecule has 0 fully saturated rings. The van der Waals surface area contributed by atoms with Gasteiger partial charge in [-0.25, -0.2) is 0 Å². The topological polar surface area (TPSA) is 65.3 Å². The highest BCUT2D eigenvalue weighted by atomic mass is 16.5. The van der Waals surface area contributed by atoms with Crippen LogP contribution in [0, 0.1) is 18.3 Å². The van der Waals surface area contributed by atoms with Gasteiger partial charge < -0.3 is 15.2 Å². The van der Waals surface area contributed by atoms with Gasteiger partial charge in [0, 0.05) is 12.2 Å². The summed E-state index contributed by atoms with van der Waals surface area (Å²) in [5.41, 5.74) is 2.62. The van der Waals surface area contributed by atoms with Crippen LogP contribution in [0.2, 0.25) is 0 Å². The van der Waals surface area contributed by atoms with E-state index in [-0.39, 0.29) is 6.61 Å². The zero-order chi connectivity index (χ0) is 15.1. The van der Waals surface area contributed by atoms with Gasteiger partial charge in [-0.1, -0.05) is 29.8 Å². The van der Waals surface area contributed by atoms with E-state index in [2.05, 4.69) is 11.4 Å². The van der Waals surface area contributed by atoms with Crippen LogP contribution in [0.1, 0.15) is 11.1 Å². The molecule has 2 aromatic carbocycles. The lowest BCUT2D eigenvalue weighted by molar-refractivity contribution is 0.117. The Morgan fingerprint density at radius 1 is 1.19 bits per heavy atom. The fourth-order valence-corrected chi connectivity index (χ4v) is 1.84. The minimum atomic E-state index is -0.655. The molecule has 2 N–H and O–H groups in total. The van der Waals surface area contributed by atoms with Gasteiger partial charge in [0.1, 0.15) is 24.5 Å². The molecule has 4 heteroatoms. The second kappa shape index (κ2) is 7.32. The standard InChI is InChI=1S/C17H18N2O2/c1-13-6-8-15(9-7-13)19-11-16(20)12-21-17-5-3-2-4-14(17)10-18/h2-9,16,19-20H,11-12H2,1H3. The van der Waals surface area contributed by atoms with Crippen molar-refractivity contribution in [3.05, 3.63) is 59.7 Å². The molecule has 0 aromatic heterocycles. The largest absolute Gasteiger partial charge is 0.489 e. The van der Waals surface area contributed by atoms with Crippen molar-refractivity contribution in [3.63, 3.8) is 0 Å². The van der Waals surface area contributed by atoms with Gasteiger partial charge in [0.15, 0.2) is 0 Å². The van der Waals surface area contributed by atoms with Crippen molar-refractivity contribution in [2.75, 3.05) is 18.5 Å². The van der Waals surface area contributed by atoms with Gasteiger partial charge in [0.25, 0.3) is 0 Å². The Labute approximate surface area is 124 Å². The van der Waals surface area contributed by atoms with E-state index >= 15 is 0 Å². The first-order valence-electron chi connectivity index (χ1n) is 6.79. The number of para-hydroxylation sites is 1. The van der Waals surface area contributed by atoms with Crippen molar-refractivity contribution >= 4 is 5.69 Å². The smallest absolute Gasteiger partial charge is 0.137 e. The number of aliphatic hydroxyl groups excluding tert-OH is 1. The van der Waals surface area contributed by atoms with Gasteiger partial charge in [0.2, 0.25) is 0 Å². The van der Waals surface area contributed by atoms with Crippen molar-refractivity contribution in [1.29, 1.82) is 5.26 Å². The SMILES string of the molecule is Cc1ccc(NCC(O)COc2ccccc2C#N)cc1. The molecule has 0 saturated heterocycles. The first kappa shape index (κ1) is 14.9. The van der Waals surface area contributed by atoms with Crippen molar-refractivity contribution < 1.29 is 9.84 Å². The summed E-state index contributed by atoms with van der Waals surface area (Å²) in [6.45, 7) is 2.55. The Bertz CT molecular complexity index is 617. The van der Waals surface area contributed by atoms with Crippen LogP contribution >= 0.6 is 0 Å². The van der Waals surface area contributed by atoms with Gasteiger partial charge in [-0.05, 0) is 31.2 Å². The fourth-order valence-electron chi connectivity index (χ4n) is 1.84. The van der Waals surface area contributed by atoms with Crippen molar-refractivity contribution in [1.82, 2.24) is 0 Å². The van der Waals surface area contributed by atoms with E-state index in [1.165, 1.54) is 5.56 Å². The van der Waals surface area contributed by atoms with E-state index in [0.717, 1.165) is 5.69 Å². The molecule has 0 aliphatic carbocycles. The van der Waals surface area contributed by atoms with Crippen molar-refractivity contribution in [2.24, 2.45) is 0 Å². The van der Waals surface area contributed by atoms with Crippen molar-refractivity contribution in [2.45, 2.75) is 13.0 Å². The maximum atomic E-state index is 9.92. The quantitative estimate of drug-likeness (QED) is 0.855. The van der Waals surface area contributed by atoms with Crippen LogP contribution < -0.4 is 10.1 Å². The molecular formula is C17H18N2O2. The lowest BCUT2D eigenvalue weighted by Gasteiger charge is -2.14. The van der Waals surface area contributed by atoms with Crippen molar-refractivity contribution in [3.8, 4) is 11.8 Å². The Hall–Kier alpha value is -2.51. The van der Waals surface area contributed by atoms with E-state index in [1.807, 2.05) is 31.2 Å². The molecule has 0 spiro atoms. The summed E-state index contributed by atoms with van der Waals surface area (Å²) in [5.74, 6) is 0.495. The van der Waals surface area contributed by atoms with Crippen LogP contribution in [0.5, 0.6) is 5.75 Å². The summed E-state index contributed by atoms with van der Waals surface area (Å²) < 4.78 is 5.48. The lowest BCUT2D eigenvalue weighted by Crippen LogP contribution is -2.26. The maximum Gasteiger partial charge on any atom is 0.137 e. The third-order valence-corrected chi connectivity index (χ3v) is 3.03. The van der Waals surface area contributed by atoms with Crippen LogP contribution in [0.3, 0.4) is 0 Å². The fraction of sp³-hybridized carbons (Fsp3) is 0.235. The lowest BCUT2D eigenvalue weighted by atomic mass is 10.2. The Morgan fingerprint density at radius 2 is 1.90 bits per heavy atom. The third kappa shape index (κ3) is 4.51. The summed E-state index contributed by atoms with van der Waals surface area (Å²) in [4.78, 5) is 0. The highest BCUT2D eigenvalue weighted by Crippen LogP contribution is 2.16. The van der Waals surface area contributed by atoms with E-state index in [1.54, 1.807) is 24.3 Å². The van der Waals surface area contributed by atoms with Gasteiger partial charge in [-0.2, -0.15) is 5.26 Å². The molecule has 0 aliphatic heterocycles. The molecule has 4 nitrogen and oxygen atoms in total. The monoisotopic (exact) mass is 282 g/mol. The zero-order valence-electron chi connectivity index (χ0n) is 11.9. The summed E-state index contributed by atoms with van der Waals surface area (Å²) >= 11 is 0. The molecule has 0 saturated carbocycles. The van der Waals surface area contributed by atoms with Gasteiger partial charge in [0.05, 0.1) is 5.56 Å². The highest BCUT2D eigenvalue weighted by molar-refractivity contribution is 5.44. The van der Waals surface area contributed by atoms with Crippen LogP contribution in [0.25, 0.3) is 0 Å². The molecule has 0 amide bonds. The molecule has 1 unspecified atom stereocenters. The number of nitrogens with zero attached hydrogens (tertiary/aromatic N) is 1. The number of aliphatic hydroxyl groups is 1. The minimum Gasteiger partial charge on any atom is -0.489 e. The maximum absolute atomic E-state index is 9.92. The molecule has 2 rings (SSSR count). The normalized spacial score (nSPS) is 11.5. The Morgan fingerprint density at radius 3 is 2.62 bits per heavy atom. The Balaban J connectivity index is 1.81. The first-order valence-corrected chi connectivity index (χ1v) is 6.79. The molecule has 0 bridgehead atoms. The van der Waals surface area contributed by atoms with E-state index in [4.69, 9.17) is 10.00 Å². The molecule has 0 aliphatic rings. The molecule has 108 valence electrons. The van der Waals surface area contributed by atoms with E-state index in [0.29, 0.717) is 17.9 Å². The predicted octanol–water partition coefficient (Wildman–Crippen LogP) is 2.72. The van der Waals surface area contributed by atoms with Crippen LogP contribution in [0.15, 0.2) is 48.5 Å². The number of aryl methyl sites for hydroxylation is 1.